The molecule has 1 aliphatic carbocycles. The second-order valence-corrected chi connectivity index (χ2v) is 8.19. The zero-order valence-corrected chi connectivity index (χ0v) is 18.2. The molecule has 0 aromatic heterocycles. The third kappa shape index (κ3) is 5.79. The number of nitrogens with one attached hydrogen (secondary N) is 1. The number of carbonyl (C=O) groups is 3. The second kappa shape index (κ2) is 10.9. The maximum Gasteiger partial charge on any atom is 0.407 e. The third-order valence-corrected chi connectivity index (χ3v) is 5.79. The van der Waals surface area contributed by atoms with Gasteiger partial charge in [0, 0.05) is 31.2 Å². The monoisotopic (exact) mass is 442 g/mol. The molecule has 0 fully saturated rings. The van der Waals surface area contributed by atoms with Crippen LogP contribution in [0.15, 0.2) is 48.5 Å². The molecule has 0 saturated heterocycles. The number of rotatable bonds is 10. The molecule has 1 aliphatic rings. The van der Waals surface area contributed by atoms with Crippen molar-refractivity contribution in [2.75, 3.05) is 38.2 Å². The molecule has 0 atom stereocenters. The molecule has 2 amide bonds. The molecule has 31 heavy (non-hydrogen) atoms. The van der Waals surface area contributed by atoms with E-state index in [0.717, 1.165) is 22.3 Å². The maximum absolute atomic E-state index is 12.3. The molecule has 0 saturated carbocycles. The number of nitrogens with zero attached hydrogens (tertiary/aromatic N) is 1. The van der Waals surface area contributed by atoms with Crippen LogP contribution >= 0.6 is 11.8 Å². The zero-order chi connectivity index (χ0) is 22.2. The van der Waals surface area contributed by atoms with Crippen molar-refractivity contribution < 1.29 is 24.2 Å². The van der Waals surface area contributed by atoms with Crippen LogP contribution in [0.1, 0.15) is 23.5 Å². The van der Waals surface area contributed by atoms with Gasteiger partial charge in [-0.25, -0.2) is 4.79 Å². The Hall–Kier alpha value is -3.00. The summed E-state index contributed by atoms with van der Waals surface area (Å²) < 4.78 is 5.44. The average molecular weight is 443 g/mol. The van der Waals surface area contributed by atoms with Crippen molar-refractivity contribution in [3.05, 3.63) is 59.7 Å². The lowest BCUT2D eigenvalue weighted by Gasteiger charge is -2.20. The van der Waals surface area contributed by atoms with Gasteiger partial charge in [0.2, 0.25) is 5.91 Å². The van der Waals surface area contributed by atoms with E-state index in [9.17, 15) is 14.4 Å². The number of hydrogen-bond acceptors (Lipinski definition) is 5. The van der Waals surface area contributed by atoms with E-state index in [0.29, 0.717) is 12.3 Å². The largest absolute Gasteiger partial charge is 0.480 e. The summed E-state index contributed by atoms with van der Waals surface area (Å²) in [6.07, 6.45) is 1.32. The van der Waals surface area contributed by atoms with Crippen LogP contribution < -0.4 is 5.32 Å². The van der Waals surface area contributed by atoms with E-state index in [-0.39, 0.29) is 37.9 Å². The number of fused-ring (bicyclic) bond motifs is 3. The van der Waals surface area contributed by atoms with Gasteiger partial charge < -0.3 is 20.1 Å². The molecule has 0 radical (unpaired) electrons. The Bertz CT molecular complexity index is 904. The number of ether oxygens (including phenoxy) is 1. The van der Waals surface area contributed by atoms with Crippen LogP contribution in [0.2, 0.25) is 0 Å². The van der Waals surface area contributed by atoms with E-state index in [1.54, 1.807) is 0 Å². The minimum Gasteiger partial charge on any atom is -0.480 e. The molecule has 8 heteroatoms. The molecule has 0 heterocycles. The van der Waals surface area contributed by atoms with Crippen molar-refractivity contribution in [1.29, 1.82) is 0 Å². The van der Waals surface area contributed by atoms with Crippen molar-refractivity contribution in [2.24, 2.45) is 0 Å². The van der Waals surface area contributed by atoms with Crippen LogP contribution in [-0.2, 0) is 14.3 Å². The Balaban J connectivity index is 1.50. The lowest BCUT2D eigenvalue weighted by atomic mass is 9.98. The molecule has 0 aliphatic heterocycles. The molecule has 2 aromatic carbocycles. The number of thioether (sulfide) groups is 1. The molecular formula is C23H26N2O5S. The van der Waals surface area contributed by atoms with Gasteiger partial charge in [0.1, 0.15) is 13.2 Å². The minimum absolute atomic E-state index is 0.0197. The highest BCUT2D eigenvalue weighted by molar-refractivity contribution is 7.98. The minimum atomic E-state index is -1.06. The summed E-state index contributed by atoms with van der Waals surface area (Å²) in [5.74, 6) is -0.745. The Morgan fingerprint density at radius 2 is 1.68 bits per heavy atom. The Morgan fingerprint density at radius 1 is 1.06 bits per heavy atom. The summed E-state index contributed by atoms with van der Waals surface area (Å²) in [5.41, 5.74) is 4.57. The summed E-state index contributed by atoms with van der Waals surface area (Å²) in [6.45, 7) is 0.305. The van der Waals surface area contributed by atoms with Crippen LogP contribution in [0.3, 0.4) is 0 Å². The van der Waals surface area contributed by atoms with Crippen molar-refractivity contribution in [3.63, 3.8) is 0 Å². The van der Waals surface area contributed by atoms with Gasteiger partial charge in [-0.15, -0.1) is 0 Å². The van der Waals surface area contributed by atoms with Crippen LogP contribution in [0.5, 0.6) is 0 Å². The van der Waals surface area contributed by atoms with Crippen molar-refractivity contribution in [2.45, 2.75) is 12.3 Å². The molecule has 0 unspecified atom stereocenters. The fourth-order valence-corrected chi connectivity index (χ4v) is 4.14. The summed E-state index contributed by atoms with van der Waals surface area (Å²) >= 11 is 1.54. The number of carbonyl (C=O) groups excluding carboxylic acids is 2. The topological polar surface area (TPSA) is 95.9 Å². The predicted octanol–water partition coefficient (Wildman–Crippen LogP) is 3.19. The third-order valence-electron chi connectivity index (χ3n) is 5.20. The molecule has 3 rings (SSSR count). The molecule has 0 bridgehead atoms. The highest BCUT2D eigenvalue weighted by Crippen LogP contribution is 2.44. The zero-order valence-electron chi connectivity index (χ0n) is 17.4. The van der Waals surface area contributed by atoms with Gasteiger partial charge in [-0.05, 0) is 28.5 Å². The number of carboxylic acid groups (broad SMARTS) is 1. The van der Waals surface area contributed by atoms with E-state index in [1.807, 2.05) is 42.7 Å². The molecule has 2 aromatic rings. The van der Waals surface area contributed by atoms with Gasteiger partial charge in [-0.3, -0.25) is 9.59 Å². The summed E-state index contributed by atoms with van der Waals surface area (Å²) in [7, 11) is 0. The highest BCUT2D eigenvalue weighted by Gasteiger charge is 2.29. The maximum atomic E-state index is 12.3. The number of benzene rings is 2. The normalized spacial score (nSPS) is 12.0. The fraction of sp³-hybridized carbons (Fsp3) is 0.348. The summed E-state index contributed by atoms with van der Waals surface area (Å²) in [6, 6.07) is 16.2. The predicted molar refractivity (Wildman–Crippen MR) is 120 cm³/mol. The second-order valence-electron chi connectivity index (χ2n) is 7.20. The number of aliphatic carboxylic acids is 1. The summed E-state index contributed by atoms with van der Waals surface area (Å²) in [5, 5.41) is 11.6. The first-order valence-electron chi connectivity index (χ1n) is 10.1. The molecule has 2 N–H and O–H groups in total. The Kier molecular flexibility index (Phi) is 7.94. The summed E-state index contributed by atoms with van der Waals surface area (Å²) in [4.78, 5) is 36.7. The number of carboxylic acids is 1. The lowest BCUT2D eigenvalue weighted by Crippen LogP contribution is -2.39. The average Bonchev–Trinajstić information content (AvgIpc) is 3.08. The van der Waals surface area contributed by atoms with Gasteiger partial charge in [0.05, 0.1) is 0 Å². The van der Waals surface area contributed by atoms with Gasteiger partial charge in [-0.1, -0.05) is 48.5 Å². The van der Waals surface area contributed by atoms with Crippen LogP contribution in [0, 0.1) is 0 Å². The van der Waals surface area contributed by atoms with E-state index in [2.05, 4.69) is 17.4 Å². The van der Waals surface area contributed by atoms with E-state index in [4.69, 9.17) is 9.84 Å². The Morgan fingerprint density at radius 3 is 2.26 bits per heavy atom. The van der Waals surface area contributed by atoms with Crippen LogP contribution in [0.4, 0.5) is 4.79 Å². The lowest BCUT2D eigenvalue weighted by molar-refractivity contribution is -0.144. The van der Waals surface area contributed by atoms with E-state index in [1.165, 1.54) is 16.7 Å². The molecular weight excluding hydrogens is 416 g/mol. The SMILES string of the molecule is CSCCN(CC(=O)O)C(=O)CCNC(=O)OCC1c2ccccc2-c2ccccc21. The molecule has 0 spiro atoms. The smallest absolute Gasteiger partial charge is 0.407 e. The van der Waals surface area contributed by atoms with Crippen molar-refractivity contribution in [1.82, 2.24) is 10.2 Å². The fourth-order valence-electron chi connectivity index (χ4n) is 3.74. The number of alkyl carbamates (subject to hydrolysis) is 1. The van der Waals surface area contributed by atoms with Gasteiger partial charge >= 0.3 is 12.1 Å². The number of hydrogen-bond donors (Lipinski definition) is 2. The van der Waals surface area contributed by atoms with Gasteiger partial charge in [0.25, 0.3) is 0 Å². The van der Waals surface area contributed by atoms with Crippen LogP contribution in [0.25, 0.3) is 11.1 Å². The molecule has 164 valence electrons. The first-order valence-corrected chi connectivity index (χ1v) is 11.5. The highest BCUT2D eigenvalue weighted by atomic mass is 32.2. The molecule has 7 nitrogen and oxygen atoms in total. The first kappa shape index (κ1) is 22.7. The quantitative estimate of drug-likeness (QED) is 0.587. The van der Waals surface area contributed by atoms with Crippen LogP contribution in [-0.4, -0.2) is 66.2 Å². The van der Waals surface area contributed by atoms with Crippen molar-refractivity contribution >= 4 is 29.7 Å². The first-order chi connectivity index (χ1) is 15.0. The van der Waals surface area contributed by atoms with Gasteiger partial charge in [-0.2, -0.15) is 11.8 Å². The standard InChI is InChI=1S/C23H26N2O5S/c1-31-13-12-25(14-22(27)28)21(26)10-11-24-23(29)30-15-20-18-8-4-2-6-16(18)17-7-3-5-9-19(17)20/h2-9,20H,10-15H2,1H3,(H,24,29)(H,27,28). The van der Waals surface area contributed by atoms with Crippen molar-refractivity contribution in [3.8, 4) is 11.1 Å². The van der Waals surface area contributed by atoms with Gasteiger partial charge in [0.15, 0.2) is 0 Å². The van der Waals surface area contributed by atoms with E-state index < -0.39 is 12.1 Å². The van der Waals surface area contributed by atoms with E-state index >= 15 is 0 Å². The number of amides is 2. The Labute approximate surface area is 185 Å².